The Kier molecular flexibility index (Phi) is 10.1. The number of nitriles is 1. The van der Waals surface area contributed by atoms with Crippen molar-refractivity contribution in [2.75, 3.05) is 0 Å². The maximum Gasteiger partial charge on any atom is 0.0908 e. The molecule has 0 radical (unpaired) electrons. The SMILES string of the molecule is CCCC/C=C/CCC/C=C/C#N. The molecule has 0 spiro atoms. The molecular formula is C12H19N. The van der Waals surface area contributed by atoms with Gasteiger partial charge in [0, 0.05) is 6.08 Å². The Bertz CT molecular complexity index is 184. The molecule has 0 saturated heterocycles. The lowest BCUT2D eigenvalue weighted by Crippen LogP contribution is -1.70. The van der Waals surface area contributed by atoms with Crippen LogP contribution in [0.1, 0.15) is 45.4 Å². The summed E-state index contributed by atoms with van der Waals surface area (Å²) in [6.45, 7) is 2.21. The van der Waals surface area contributed by atoms with E-state index in [1.165, 1.54) is 19.3 Å². The van der Waals surface area contributed by atoms with Crippen LogP contribution in [-0.2, 0) is 0 Å². The fraction of sp³-hybridized carbons (Fsp3) is 0.583. The van der Waals surface area contributed by atoms with Crippen molar-refractivity contribution >= 4 is 0 Å². The van der Waals surface area contributed by atoms with E-state index < -0.39 is 0 Å². The van der Waals surface area contributed by atoms with Crippen molar-refractivity contribution in [3.05, 3.63) is 24.3 Å². The minimum absolute atomic E-state index is 1.02. The average Bonchev–Trinajstić information content (AvgIpc) is 2.16. The molecule has 0 aliphatic rings. The van der Waals surface area contributed by atoms with Gasteiger partial charge in [-0.25, -0.2) is 0 Å². The maximum atomic E-state index is 8.22. The summed E-state index contributed by atoms with van der Waals surface area (Å²) < 4.78 is 0. The zero-order chi connectivity index (χ0) is 9.78. The fourth-order valence-corrected chi connectivity index (χ4v) is 1.05. The van der Waals surface area contributed by atoms with Crippen LogP contribution in [-0.4, -0.2) is 0 Å². The van der Waals surface area contributed by atoms with Gasteiger partial charge in [-0.15, -0.1) is 0 Å². The van der Waals surface area contributed by atoms with Gasteiger partial charge in [0.25, 0.3) is 0 Å². The number of hydrogen-bond acceptors (Lipinski definition) is 1. The van der Waals surface area contributed by atoms with Crippen LogP contribution in [0.25, 0.3) is 0 Å². The average molecular weight is 177 g/mol. The maximum absolute atomic E-state index is 8.22. The standard InChI is InChI=1S/C12H19N/c1-2-3-4-5-6-7-8-9-10-11-12-13/h5-6,10-11H,2-4,7-9H2,1H3/b6-5+,11-10+. The molecule has 0 saturated carbocycles. The predicted octanol–water partition coefficient (Wildman–Crippen LogP) is 3.98. The molecular weight excluding hydrogens is 158 g/mol. The molecule has 0 bridgehead atoms. The first-order valence-corrected chi connectivity index (χ1v) is 5.11. The first-order valence-electron chi connectivity index (χ1n) is 5.11. The predicted molar refractivity (Wildman–Crippen MR) is 57.3 cm³/mol. The molecule has 0 N–H and O–H groups in total. The summed E-state index contributed by atoms with van der Waals surface area (Å²) in [6.07, 6.45) is 15.1. The van der Waals surface area contributed by atoms with E-state index in [4.69, 9.17) is 5.26 Å². The first kappa shape index (κ1) is 12.0. The molecule has 0 fully saturated rings. The van der Waals surface area contributed by atoms with E-state index in [1.807, 2.05) is 12.1 Å². The van der Waals surface area contributed by atoms with Crippen LogP contribution in [0.5, 0.6) is 0 Å². The lowest BCUT2D eigenvalue weighted by Gasteiger charge is -1.90. The van der Waals surface area contributed by atoms with Gasteiger partial charge in [-0.05, 0) is 25.7 Å². The third kappa shape index (κ3) is 11.0. The summed E-state index contributed by atoms with van der Waals surface area (Å²) in [5.41, 5.74) is 0. The van der Waals surface area contributed by atoms with Crippen LogP contribution in [0, 0.1) is 11.3 Å². The topological polar surface area (TPSA) is 23.8 Å². The number of nitrogens with zero attached hydrogens (tertiary/aromatic N) is 1. The van der Waals surface area contributed by atoms with Gasteiger partial charge in [-0.2, -0.15) is 5.26 Å². The molecule has 0 aliphatic heterocycles. The Morgan fingerprint density at radius 2 is 1.62 bits per heavy atom. The van der Waals surface area contributed by atoms with Crippen LogP contribution < -0.4 is 0 Å². The molecule has 1 heteroatoms. The molecule has 0 atom stereocenters. The molecule has 72 valence electrons. The third-order valence-corrected chi connectivity index (χ3v) is 1.82. The first-order chi connectivity index (χ1) is 6.41. The van der Waals surface area contributed by atoms with E-state index in [0.29, 0.717) is 0 Å². The van der Waals surface area contributed by atoms with Gasteiger partial charge < -0.3 is 0 Å². The number of rotatable bonds is 7. The Hall–Kier alpha value is -1.03. The van der Waals surface area contributed by atoms with E-state index in [9.17, 15) is 0 Å². The van der Waals surface area contributed by atoms with Crippen molar-refractivity contribution in [2.24, 2.45) is 0 Å². The summed E-state index contributed by atoms with van der Waals surface area (Å²) in [4.78, 5) is 0. The molecule has 0 aromatic heterocycles. The Balaban J connectivity index is 3.11. The minimum atomic E-state index is 1.02. The zero-order valence-corrected chi connectivity index (χ0v) is 8.50. The number of hydrogen-bond donors (Lipinski definition) is 0. The van der Waals surface area contributed by atoms with E-state index in [1.54, 1.807) is 6.08 Å². The lowest BCUT2D eigenvalue weighted by molar-refractivity contribution is 0.805. The number of allylic oxidation sites excluding steroid dienone is 4. The van der Waals surface area contributed by atoms with Gasteiger partial charge in [0.05, 0.1) is 6.07 Å². The van der Waals surface area contributed by atoms with Gasteiger partial charge in [-0.3, -0.25) is 0 Å². The van der Waals surface area contributed by atoms with Crippen LogP contribution in [0.15, 0.2) is 24.3 Å². The van der Waals surface area contributed by atoms with E-state index in [-0.39, 0.29) is 0 Å². The van der Waals surface area contributed by atoms with Crippen molar-refractivity contribution in [3.63, 3.8) is 0 Å². The molecule has 0 unspecified atom stereocenters. The highest BCUT2D eigenvalue weighted by molar-refractivity contribution is 5.01. The van der Waals surface area contributed by atoms with Gasteiger partial charge in [0.1, 0.15) is 0 Å². The van der Waals surface area contributed by atoms with Crippen molar-refractivity contribution in [1.82, 2.24) is 0 Å². The van der Waals surface area contributed by atoms with Gasteiger partial charge in [0.15, 0.2) is 0 Å². The summed E-state index contributed by atoms with van der Waals surface area (Å²) in [5, 5.41) is 8.22. The normalized spacial score (nSPS) is 11.1. The smallest absolute Gasteiger partial charge is 0.0908 e. The highest BCUT2D eigenvalue weighted by Crippen LogP contribution is 2.00. The number of unbranched alkanes of at least 4 members (excludes halogenated alkanes) is 4. The molecule has 0 aromatic rings. The van der Waals surface area contributed by atoms with E-state index >= 15 is 0 Å². The quantitative estimate of drug-likeness (QED) is 0.328. The van der Waals surface area contributed by atoms with E-state index in [0.717, 1.165) is 19.3 Å². The van der Waals surface area contributed by atoms with Crippen LogP contribution >= 0.6 is 0 Å². The Morgan fingerprint density at radius 1 is 1.00 bits per heavy atom. The van der Waals surface area contributed by atoms with E-state index in [2.05, 4.69) is 19.1 Å². The largest absolute Gasteiger partial charge is 0.193 e. The summed E-state index contributed by atoms with van der Waals surface area (Å²) >= 11 is 0. The van der Waals surface area contributed by atoms with Gasteiger partial charge >= 0.3 is 0 Å². The molecule has 0 amide bonds. The second-order valence-electron chi connectivity index (χ2n) is 3.08. The summed E-state index contributed by atoms with van der Waals surface area (Å²) in [5.74, 6) is 0. The van der Waals surface area contributed by atoms with Crippen LogP contribution in [0.3, 0.4) is 0 Å². The van der Waals surface area contributed by atoms with Crippen molar-refractivity contribution in [1.29, 1.82) is 5.26 Å². The van der Waals surface area contributed by atoms with Crippen molar-refractivity contribution in [3.8, 4) is 6.07 Å². The molecule has 0 aliphatic carbocycles. The summed E-state index contributed by atoms with van der Waals surface area (Å²) in [7, 11) is 0. The zero-order valence-electron chi connectivity index (χ0n) is 8.50. The summed E-state index contributed by atoms with van der Waals surface area (Å²) in [6, 6.07) is 1.99. The Labute approximate surface area is 81.8 Å². The Morgan fingerprint density at radius 3 is 2.23 bits per heavy atom. The van der Waals surface area contributed by atoms with Gasteiger partial charge in [-0.1, -0.05) is 38.0 Å². The third-order valence-electron chi connectivity index (χ3n) is 1.82. The lowest BCUT2D eigenvalue weighted by atomic mass is 10.2. The van der Waals surface area contributed by atoms with Crippen LogP contribution in [0.2, 0.25) is 0 Å². The molecule has 1 nitrogen and oxygen atoms in total. The fourth-order valence-electron chi connectivity index (χ4n) is 1.05. The van der Waals surface area contributed by atoms with Crippen LogP contribution in [0.4, 0.5) is 0 Å². The monoisotopic (exact) mass is 177 g/mol. The molecule has 13 heavy (non-hydrogen) atoms. The molecule has 0 aromatic carbocycles. The highest BCUT2D eigenvalue weighted by Gasteiger charge is 1.81. The second kappa shape index (κ2) is 11.0. The highest BCUT2D eigenvalue weighted by atomic mass is 14.2. The van der Waals surface area contributed by atoms with Crippen molar-refractivity contribution in [2.45, 2.75) is 45.4 Å². The van der Waals surface area contributed by atoms with Gasteiger partial charge in [0.2, 0.25) is 0 Å². The van der Waals surface area contributed by atoms with Crippen molar-refractivity contribution < 1.29 is 0 Å². The molecule has 0 heterocycles. The minimum Gasteiger partial charge on any atom is -0.193 e. The second-order valence-corrected chi connectivity index (χ2v) is 3.08. The molecule has 0 rings (SSSR count).